The second-order valence-corrected chi connectivity index (χ2v) is 2.70. The van der Waals surface area contributed by atoms with Gasteiger partial charge < -0.3 is 4.74 Å². The maximum atomic E-state index is 10.3. The van der Waals surface area contributed by atoms with Gasteiger partial charge in [0, 0.05) is 19.1 Å². The number of rotatable bonds is 3. The van der Waals surface area contributed by atoms with Crippen molar-refractivity contribution < 1.29 is 9.66 Å². The lowest BCUT2D eigenvalue weighted by Crippen LogP contribution is -2.10. The molecule has 0 aliphatic heterocycles. The van der Waals surface area contributed by atoms with Gasteiger partial charge in [-0.1, -0.05) is 6.08 Å². The summed E-state index contributed by atoms with van der Waals surface area (Å²) in [5, 5.41) is 10.3. The zero-order chi connectivity index (χ0) is 8.97. The van der Waals surface area contributed by atoms with E-state index < -0.39 is 0 Å². The molecule has 0 N–H and O–H groups in total. The third-order valence-corrected chi connectivity index (χ3v) is 1.73. The van der Waals surface area contributed by atoms with Crippen molar-refractivity contribution in [3.63, 3.8) is 0 Å². The van der Waals surface area contributed by atoms with Crippen molar-refractivity contribution >= 4 is 0 Å². The Morgan fingerprint density at radius 1 is 1.83 bits per heavy atom. The molecule has 1 unspecified atom stereocenters. The van der Waals surface area contributed by atoms with E-state index in [-0.39, 0.29) is 16.5 Å². The van der Waals surface area contributed by atoms with E-state index in [1.165, 1.54) is 6.08 Å². The number of ether oxygens (including phenoxy) is 1. The van der Waals surface area contributed by atoms with E-state index >= 15 is 0 Å². The molecule has 1 aliphatic rings. The van der Waals surface area contributed by atoms with Crippen LogP contribution in [0.15, 0.2) is 23.9 Å². The number of nitrogens with zero attached hydrogens (tertiary/aromatic N) is 1. The van der Waals surface area contributed by atoms with Crippen LogP contribution in [0.3, 0.4) is 0 Å². The van der Waals surface area contributed by atoms with Crippen molar-refractivity contribution in [3.05, 3.63) is 34.0 Å². The van der Waals surface area contributed by atoms with Crippen molar-refractivity contribution in [2.24, 2.45) is 5.92 Å². The van der Waals surface area contributed by atoms with Gasteiger partial charge in [0.05, 0.1) is 11.5 Å². The summed E-state index contributed by atoms with van der Waals surface area (Å²) in [6.07, 6.45) is 5.81. The van der Waals surface area contributed by atoms with E-state index in [2.05, 4.69) is 0 Å². The molecule has 0 saturated carbocycles. The van der Waals surface area contributed by atoms with Gasteiger partial charge in [-0.05, 0) is 12.5 Å². The summed E-state index contributed by atoms with van der Waals surface area (Å²) in [6, 6.07) is 0. The first-order valence-corrected chi connectivity index (χ1v) is 3.75. The Balaban J connectivity index is 2.62. The van der Waals surface area contributed by atoms with Crippen molar-refractivity contribution in [1.29, 1.82) is 0 Å². The molecule has 0 spiro atoms. The summed E-state index contributed by atoms with van der Waals surface area (Å²) in [6.45, 7) is 0.543. The minimum Gasteiger partial charge on any atom is -0.384 e. The van der Waals surface area contributed by atoms with E-state index in [1.807, 2.05) is 6.08 Å². The molecule has 12 heavy (non-hydrogen) atoms. The fourth-order valence-electron chi connectivity index (χ4n) is 1.18. The molecule has 0 aromatic heterocycles. The zero-order valence-electron chi connectivity index (χ0n) is 6.90. The lowest BCUT2D eigenvalue weighted by molar-refractivity contribution is -0.419. The van der Waals surface area contributed by atoms with E-state index in [9.17, 15) is 10.1 Å². The fraction of sp³-hybridized carbons (Fsp3) is 0.500. The highest BCUT2D eigenvalue weighted by molar-refractivity contribution is 5.17. The maximum Gasteiger partial charge on any atom is 0.265 e. The van der Waals surface area contributed by atoms with Crippen LogP contribution in [0.1, 0.15) is 6.42 Å². The van der Waals surface area contributed by atoms with Gasteiger partial charge >= 0.3 is 0 Å². The normalized spacial score (nSPS) is 22.1. The smallest absolute Gasteiger partial charge is 0.265 e. The Hall–Kier alpha value is -1.16. The standard InChI is InChI=1S/C8H11NO3/c1-12-6-7-3-2-4-8(5-7)9(10)11/h2,4-5,7H,3,6H2,1H3. The molecule has 0 fully saturated rings. The van der Waals surface area contributed by atoms with Crippen LogP contribution in [0, 0.1) is 16.0 Å². The van der Waals surface area contributed by atoms with E-state index in [0.717, 1.165) is 6.42 Å². The Morgan fingerprint density at radius 2 is 2.58 bits per heavy atom. The Bertz CT molecular complexity index is 232. The predicted molar refractivity (Wildman–Crippen MR) is 44.2 cm³/mol. The van der Waals surface area contributed by atoms with Crippen LogP contribution in [0.2, 0.25) is 0 Å². The quantitative estimate of drug-likeness (QED) is 0.473. The van der Waals surface area contributed by atoms with Gasteiger partial charge in [-0.3, -0.25) is 10.1 Å². The van der Waals surface area contributed by atoms with Crippen LogP contribution < -0.4 is 0 Å². The summed E-state index contributed by atoms with van der Waals surface area (Å²) in [5.74, 6) is 0.153. The number of nitro groups is 1. The van der Waals surface area contributed by atoms with Gasteiger partial charge in [-0.25, -0.2) is 0 Å². The van der Waals surface area contributed by atoms with Crippen LogP contribution in [0.4, 0.5) is 0 Å². The van der Waals surface area contributed by atoms with Gasteiger partial charge in [-0.15, -0.1) is 0 Å². The molecule has 0 amide bonds. The first-order chi connectivity index (χ1) is 5.74. The van der Waals surface area contributed by atoms with Crippen LogP contribution in [-0.2, 0) is 4.74 Å². The summed E-state index contributed by atoms with van der Waals surface area (Å²) in [4.78, 5) is 9.97. The number of hydrogen-bond donors (Lipinski definition) is 0. The van der Waals surface area contributed by atoms with E-state index in [0.29, 0.717) is 6.61 Å². The van der Waals surface area contributed by atoms with Crippen molar-refractivity contribution in [3.8, 4) is 0 Å². The molecular weight excluding hydrogens is 158 g/mol. The number of hydrogen-bond acceptors (Lipinski definition) is 3. The first kappa shape index (κ1) is 8.93. The third kappa shape index (κ3) is 2.17. The molecule has 0 aromatic rings. The fourth-order valence-corrected chi connectivity index (χ4v) is 1.18. The number of methoxy groups -OCH3 is 1. The molecular formula is C8H11NO3. The third-order valence-electron chi connectivity index (χ3n) is 1.73. The maximum absolute atomic E-state index is 10.3. The summed E-state index contributed by atoms with van der Waals surface area (Å²) >= 11 is 0. The summed E-state index contributed by atoms with van der Waals surface area (Å²) in [7, 11) is 1.60. The highest BCUT2D eigenvalue weighted by Crippen LogP contribution is 2.16. The first-order valence-electron chi connectivity index (χ1n) is 3.75. The predicted octanol–water partition coefficient (Wildman–Crippen LogP) is 1.37. The highest BCUT2D eigenvalue weighted by atomic mass is 16.6. The minimum atomic E-state index is -0.377. The number of allylic oxidation sites excluding steroid dienone is 2. The van der Waals surface area contributed by atoms with Crippen LogP contribution in [0.5, 0.6) is 0 Å². The highest BCUT2D eigenvalue weighted by Gasteiger charge is 2.15. The molecule has 1 atom stereocenters. The average molecular weight is 169 g/mol. The van der Waals surface area contributed by atoms with Crippen LogP contribution in [-0.4, -0.2) is 18.6 Å². The molecule has 0 aromatic carbocycles. The largest absolute Gasteiger partial charge is 0.384 e. The molecule has 4 nitrogen and oxygen atoms in total. The van der Waals surface area contributed by atoms with Crippen LogP contribution >= 0.6 is 0 Å². The molecule has 4 heteroatoms. The van der Waals surface area contributed by atoms with Gasteiger partial charge in [0.15, 0.2) is 0 Å². The van der Waals surface area contributed by atoms with Crippen molar-refractivity contribution in [2.45, 2.75) is 6.42 Å². The molecule has 0 heterocycles. The van der Waals surface area contributed by atoms with Gasteiger partial charge in [-0.2, -0.15) is 0 Å². The lowest BCUT2D eigenvalue weighted by Gasteiger charge is -2.10. The lowest BCUT2D eigenvalue weighted by atomic mass is 10.0. The average Bonchev–Trinajstić information content (AvgIpc) is 2.05. The minimum absolute atomic E-state index is 0.153. The molecule has 1 rings (SSSR count). The Morgan fingerprint density at radius 3 is 3.17 bits per heavy atom. The Kier molecular flexibility index (Phi) is 2.99. The van der Waals surface area contributed by atoms with Crippen molar-refractivity contribution in [1.82, 2.24) is 0 Å². The van der Waals surface area contributed by atoms with Gasteiger partial charge in [0.1, 0.15) is 0 Å². The Labute approximate surface area is 70.7 Å². The second-order valence-electron chi connectivity index (χ2n) is 2.70. The van der Waals surface area contributed by atoms with Gasteiger partial charge in [0.25, 0.3) is 5.70 Å². The van der Waals surface area contributed by atoms with E-state index in [1.54, 1.807) is 13.2 Å². The second kappa shape index (κ2) is 4.01. The topological polar surface area (TPSA) is 52.4 Å². The van der Waals surface area contributed by atoms with E-state index in [4.69, 9.17) is 4.74 Å². The summed E-state index contributed by atoms with van der Waals surface area (Å²) < 4.78 is 4.91. The van der Waals surface area contributed by atoms with Crippen molar-refractivity contribution in [2.75, 3.05) is 13.7 Å². The summed E-state index contributed by atoms with van der Waals surface area (Å²) in [5.41, 5.74) is 0.170. The molecule has 0 saturated heterocycles. The van der Waals surface area contributed by atoms with Gasteiger partial charge in [0.2, 0.25) is 0 Å². The van der Waals surface area contributed by atoms with Crippen LogP contribution in [0.25, 0.3) is 0 Å². The molecule has 0 bridgehead atoms. The molecule has 66 valence electrons. The monoisotopic (exact) mass is 169 g/mol. The molecule has 0 radical (unpaired) electrons. The molecule has 1 aliphatic carbocycles. The SMILES string of the molecule is COCC1C=C([N+](=O)[O-])C=CC1. The zero-order valence-corrected chi connectivity index (χ0v) is 6.90.